The number of amides is 1. The molecule has 2 fully saturated rings. The zero-order valence-electron chi connectivity index (χ0n) is 14.1. The van der Waals surface area contributed by atoms with Gasteiger partial charge in [-0.15, -0.1) is 0 Å². The Balaban J connectivity index is 1.31. The van der Waals surface area contributed by atoms with Crippen molar-refractivity contribution in [3.05, 3.63) is 27.7 Å². The van der Waals surface area contributed by atoms with E-state index in [1.807, 2.05) is 4.90 Å². The first-order valence-corrected chi connectivity index (χ1v) is 9.18. The lowest BCUT2D eigenvalue weighted by Gasteiger charge is -2.39. The largest absolute Gasteiger partial charge is 0.378 e. The van der Waals surface area contributed by atoms with Crippen molar-refractivity contribution in [2.75, 3.05) is 19.7 Å². The summed E-state index contributed by atoms with van der Waals surface area (Å²) in [4.78, 5) is 26.3. The van der Waals surface area contributed by atoms with Crippen LogP contribution in [-0.4, -0.2) is 46.4 Å². The fourth-order valence-electron chi connectivity index (χ4n) is 3.99. The summed E-state index contributed by atoms with van der Waals surface area (Å²) in [5.74, 6) is 0.522. The molecule has 2 saturated heterocycles. The van der Waals surface area contributed by atoms with Crippen LogP contribution in [0.4, 0.5) is 0 Å². The van der Waals surface area contributed by atoms with E-state index in [0.717, 1.165) is 69.5 Å². The minimum atomic E-state index is -0.000202. The molecule has 4 rings (SSSR count). The first-order valence-electron chi connectivity index (χ1n) is 9.18. The molecule has 1 unspecified atom stereocenters. The predicted octanol–water partition coefficient (Wildman–Crippen LogP) is 1.15. The summed E-state index contributed by atoms with van der Waals surface area (Å²) in [6.07, 6.45) is 6.95. The lowest BCUT2D eigenvalue weighted by Crippen LogP contribution is -2.52. The topological polar surface area (TPSA) is 64.4 Å². The molecule has 0 spiro atoms. The number of aromatic nitrogens is 2. The average molecular weight is 331 g/mol. The van der Waals surface area contributed by atoms with Crippen LogP contribution < -0.4 is 5.56 Å². The Bertz CT molecular complexity index is 673. The number of likely N-dealkylation sites (tertiary alicyclic amines) is 1. The molecule has 3 aliphatic rings. The average Bonchev–Trinajstić information content (AvgIpc) is 3.03. The smallest absolute Gasteiger partial charge is 0.267 e. The van der Waals surface area contributed by atoms with Gasteiger partial charge in [-0.1, -0.05) is 0 Å². The molecule has 0 radical (unpaired) electrons. The number of nitrogens with zero attached hydrogens (tertiary/aromatic N) is 3. The number of hydrogen-bond acceptors (Lipinski definition) is 4. The van der Waals surface area contributed by atoms with Gasteiger partial charge in [0.2, 0.25) is 5.91 Å². The molecule has 3 heterocycles. The number of fused-ring (bicyclic) bond motifs is 1. The highest BCUT2D eigenvalue weighted by Gasteiger charge is 2.33. The van der Waals surface area contributed by atoms with Crippen LogP contribution in [0.3, 0.4) is 0 Å². The minimum absolute atomic E-state index is 0.000202. The summed E-state index contributed by atoms with van der Waals surface area (Å²) in [5.41, 5.74) is 2.22. The molecule has 1 atom stereocenters. The highest BCUT2D eigenvalue weighted by atomic mass is 16.5. The summed E-state index contributed by atoms with van der Waals surface area (Å²) in [6.45, 7) is 2.87. The van der Waals surface area contributed by atoms with Crippen molar-refractivity contribution in [2.24, 2.45) is 5.92 Å². The van der Waals surface area contributed by atoms with E-state index >= 15 is 0 Å². The number of carbonyl (C=O) groups excluding carboxylic acids is 1. The van der Waals surface area contributed by atoms with Crippen LogP contribution >= 0.6 is 0 Å². The number of aryl methyl sites for hydroxylation is 2. The Morgan fingerprint density at radius 3 is 2.88 bits per heavy atom. The third-order valence-electron chi connectivity index (χ3n) is 5.44. The van der Waals surface area contributed by atoms with Gasteiger partial charge in [0, 0.05) is 31.7 Å². The van der Waals surface area contributed by atoms with Crippen LogP contribution in [-0.2, 0) is 28.9 Å². The maximum Gasteiger partial charge on any atom is 0.267 e. The van der Waals surface area contributed by atoms with Crippen LogP contribution in [0, 0.1) is 5.92 Å². The Morgan fingerprint density at radius 2 is 2.08 bits per heavy atom. The van der Waals surface area contributed by atoms with Crippen molar-refractivity contribution in [2.45, 2.75) is 57.6 Å². The van der Waals surface area contributed by atoms with E-state index in [0.29, 0.717) is 18.9 Å². The molecule has 6 nitrogen and oxygen atoms in total. The standard InChI is InChI=1S/C18H25N3O3/c22-17(9-15-5-3-7-24-15)20-10-13(11-20)12-21-18(23)8-14-4-1-2-6-16(14)19-21/h8,13,15H,1-7,9-12H2. The van der Waals surface area contributed by atoms with Gasteiger partial charge in [-0.25, -0.2) is 4.68 Å². The third-order valence-corrected chi connectivity index (χ3v) is 5.44. The lowest BCUT2D eigenvalue weighted by atomic mass is 9.96. The van der Waals surface area contributed by atoms with Gasteiger partial charge < -0.3 is 9.64 Å². The molecule has 0 aromatic carbocycles. The molecule has 0 saturated carbocycles. The van der Waals surface area contributed by atoms with Crippen molar-refractivity contribution in [3.8, 4) is 0 Å². The van der Waals surface area contributed by atoms with E-state index in [1.165, 1.54) is 0 Å². The van der Waals surface area contributed by atoms with E-state index in [-0.39, 0.29) is 17.6 Å². The fourth-order valence-corrected chi connectivity index (χ4v) is 3.99. The summed E-state index contributed by atoms with van der Waals surface area (Å²) in [6, 6.07) is 1.76. The molecule has 1 aromatic rings. The fraction of sp³-hybridized carbons (Fsp3) is 0.722. The molecule has 0 bridgehead atoms. The van der Waals surface area contributed by atoms with Gasteiger partial charge >= 0.3 is 0 Å². The van der Waals surface area contributed by atoms with Gasteiger partial charge in [0.25, 0.3) is 5.56 Å². The second-order valence-corrected chi connectivity index (χ2v) is 7.35. The number of hydrogen-bond donors (Lipinski definition) is 0. The van der Waals surface area contributed by atoms with Crippen molar-refractivity contribution < 1.29 is 9.53 Å². The van der Waals surface area contributed by atoms with Crippen molar-refractivity contribution in [1.29, 1.82) is 0 Å². The van der Waals surface area contributed by atoms with E-state index in [2.05, 4.69) is 5.10 Å². The SMILES string of the molecule is O=C(CC1CCCO1)N1CC(Cn2nc3c(cc2=O)CCCC3)C1. The quantitative estimate of drug-likeness (QED) is 0.830. The normalized spacial score (nSPS) is 23.8. The van der Waals surface area contributed by atoms with Crippen LogP contribution in [0.5, 0.6) is 0 Å². The maximum atomic E-state index is 12.2. The Morgan fingerprint density at radius 1 is 1.25 bits per heavy atom. The summed E-state index contributed by atoms with van der Waals surface area (Å²) in [5, 5.41) is 4.57. The highest BCUT2D eigenvalue weighted by Crippen LogP contribution is 2.22. The number of carbonyl (C=O) groups is 1. The van der Waals surface area contributed by atoms with Gasteiger partial charge in [0.1, 0.15) is 0 Å². The molecular formula is C18H25N3O3. The monoisotopic (exact) mass is 331 g/mol. The summed E-state index contributed by atoms with van der Waals surface area (Å²) < 4.78 is 7.14. The third kappa shape index (κ3) is 3.24. The van der Waals surface area contributed by atoms with E-state index in [9.17, 15) is 9.59 Å². The van der Waals surface area contributed by atoms with Crippen molar-refractivity contribution >= 4 is 5.91 Å². The van der Waals surface area contributed by atoms with Crippen molar-refractivity contribution in [3.63, 3.8) is 0 Å². The molecule has 1 aliphatic carbocycles. The summed E-state index contributed by atoms with van der Waals surface area (Å²) >= 11 is 0. The molecule has 6 heteroatoms. The molecule has 0 N–H and O–H groups in total. The van der Waals surface area contributed by atoms with E-state index in [4.69, 9.17) is 4.74 Å². The van der Waals surface area contributed by atoms with Crippen LogP contribution in [0.1, 0.15) is 43.4 Å². The molecular weight excluding hydrogens is 306 g/mol. The maximum absolute atomic E-state index is 12.2. The Kier molecular flexibility index (Phi) is 4.39. The zero-order chi connectivity index (χ0) is 16.5. The van der Waals surface area contributed by atoms with Gasteiger partial charge in [0.05, 0.1) is 24.8 Å². The molecule has 130 valence electrons. The Hall–Kier alpha value is -1.69. The Labute approximate surface area is 141 Å². The van der Waals surface area contributed by atoms with Crippen molar-refractivity contribution in [1.82, 2.24) is 14.7 Å². The minimum Gasteiger partial charge on any atom is -0.378 e. The van der Waals surface area contributed by atoms with E-state index in [1.54, 1.807) is 10.7 Å². The molecule has 1 amide bonds. The second kappa shape index (κ2) is 6.67. The van der Waals surface area contributed by atoms with Gasteiger partial charge in [-0.05, 0) is 44.1 Å². The van der Waals surface area contributed by atoms with Gasteiger partial charge in [0.15, 0.2) is 0 Å². The summed E-state index contributed by atoms with van der Waals surface area (Å²) in [7, 11) is 0. The first-order chi connectivity index (χ1) is 11.7. The van der Waals surface area contributed by atoms with Gasteiger partial charge in [-0.2, -0.15) is 5.10 Å². The highest BCUT2D eigenvalue weighted by molar-refractivity contribution is 5.77. The van der Waals surface area contributed by atoms with E-state index < -0.39 is 0 Å². The molecule has 24 heavy (non-hydrogen) atoms. The van der Waals surface area contributed by atoms with Crippen LogP contribution in [0.2, 0.25) is 0 Å². The first kappa shape index (κ1) is 15.8. The second-order valence-electron chi connectivity index (χ2n) is 7.35. The van der Waals surface area contributed by atoms with Crippen LogP contribution in [0.15, 0.2) is 10.9 Å². The molecule has 1 aromatic heterocycles. The van der Waals surface area contributed by atoms with Crippen LogP contribution in [0.25, 0.3) is 0 Å². The van der Waals surface area contributed by atoms with Gasteiger partial charge in [-0.3, -0.25) is 9.59 Å². The predicted molar refractivity (Wildman–Crippen MR) is 88.8 cm³/mol. The zero-order valence-corrected chi connectivity index (χ0v) is 14.1. The lowest BCUT2D eigenvalue weighted by molar-refractivity contribution is -0.140. The number of ether oxygens (including phenoxy) is 1. The molecule has 2 aliphatic heterocycles. The number of rotatable bonds is 4.